The molecule has 0 aromatic heterocycles. The lowest BCUT2D eigenvalue weighted by atomic mass is 9.99. The lowest BCUT2D eigenvalue weighted by Gasteiger charge is -2.31. The maximum atomic E-state index is 5.49. The summed E-state index contributed by atoms with van der Waals surface area (Å²) in [4.78, 5) is 2.40. The van der Waals surface area contributed by atoms with Gasteiger partial charge in [0.1, 0.15) is 5.75 Å². The minimum Gasteiger partial charge on any atom is -0.496 e. The summed E-state index contributed by atoms with van der Waals surface area (Å²) in [5, 5.41) is 3.33. The van der Waals surface area contributed by atoms with E-state index in [0.29, 0.717) is 5.92 Å². The third kappa shape index (κ3) is 3.71. The average molecular weight is 262 g/mol. The van der Waals surface area contributed by atoms with E-state index in [4.69, 9.17) is 4.74 Å². The minimum atomic E-state index is 0.561. The molecule has 0 unspecified atom stereocenters. The van der Waals surface area contributed by atoms with E-state index in [9.17, 15) is 0 Å². The Kier molecular flexibility index (Phi) is 4.83. The van der Waals surface area contributed by atoms with Crippen LogP contribution >= 0.6 is 0 Å². The third-order valence-corrected chi connectivity index (χ3v) is 3.85. The van der Waals surface area contributed by atoms with Crippen molar-refractivity contribution >= 4 is 0 Å². The van der Waals surface area contributed by atoms with Crippen molar-refractivity contribution < 1.29 is 4.74 Å². The fourth-order valence-electron chi connectivity index (χ4n) is 2.55. The Morgan fingerprint density at radius 1 is 1.37 bits per heavy atom. The van der Waals surface area contributed by atoms with E-state index in [1.165, 1.54) is 11.1 Å². The lowest BCUT2D eigenvalue weighted by molar-refractivity contribution is 0.217. The summed E-state index contributed by atoms with van der Waals surface area (Å²) in [5.74, 6) is 2.37. The summed E-state index contributed by atoms with van der Waals surface area (Å²) in [5.41, 5.74) is 2.68. The topological polar surface area (TPSA) is 24.5 Å². The molecule has 106 valence electrons. The summed E-state index contributed by atoms with van der Waals surface area (Å²) in [7, 11) is 3.95. The number of nitrogens with one attached hydrogen (secondary N) is 1. The minimum absolute atomic E-state index is 0.561. The highest BCUT2D eigenvalue weighted by Crippen LogP contribution is 2.25. The highest BCUT2D eigenvalue weighted by Gasteiger charge is 2.19. The first kappa shape index (κ1) is 14.4. The van der Waals surface area contributed by atoms with Gasteiger partial charge in [-0.1, -0.05) is 26.0 Å². The Balaban J connectivity index is 2.05. The molecule has 3 nitrogen and oxygen atoms in total. The van der Waals surface area contributed by atoms with Crippen molar-refractivity contribution in [2.45, 2.75) is 26.3 Å². The van der Waals surface area contributed by atoms with Gasteiger partial charge in [-0.15, -0.1) is 0 Å². The maximum Gasteiger partial charge on any atom is 0.123 e. The highest BCUT2D eigenvalue weighted by atomic mass is 16.5. The average Bonchev–Trinajstić information content (AvgIpc) is 2.33. The highest BCUT2D eigenvalue weighted by molar-refractivity contribution is 5.38. The Morgan fingerprint density at radius 2 is 2.11 bits per heavy atom. The van der Waals surface area contributed by atoms with Gasteiger partial charge in [-0.3, -0.25) is 0 Å². The number of ether oxygens (including phenoxy) is 1. The second kappa shape index (κ2) is 6.40. The lowest BCUT2D eigenvalue weighted by Crippen LogP contribution is -2.47. The molecule has 0 bridgehead atoms. The number of benzene rings is 1. The Labute approximate surface area is 116 Å². The van der Waals surface area contributed by atoms with Crippen LogP contribution in [0, 0.1) is 5.92 Å². The molecule has 1 N–H and O–H groups in total. The van der Waals surface area contributed by atoms with E-state index in [2.05, 4.69) is 49.3 Å². The van der Waals surface area contributed by atoms with Gasteiger partial charge >= 0.3 is 0 Å². The van der Waals surface area contributed by atoms with Crippen LogP contribution in [-0.2, 0) is 6.54 Å². The molecule has 1 aromatic rings. The van der Waals surface area contributed by atoms with Gasteiger partial charge in [0.25, 0.3) is 0 Å². The molecule has 1 aromatic carbocycles. The standard InChI is InChI=1S/C16H26N2O/c1-12(2)14-5-6-16(19-4)15(7-14)11-18(3)10-13-8-17-9-13/h5-7,12-13,17H,8-11H2,1-4H3. The van der Waals surface area contributed by atoms with Gasteiger partial charge in [-0.2, -0.15) is 0 Å². The van der Waals surface area contributed by atoms with E-state index < -0.39 is 0 Å². The summed E-state index contributed by atoms with van der Waals surface area (Å²) in [6.07, 6.45) is 0. The molecule has 0 amide bonds. The van der Waals surface area contributed by atoms with Crippen LogP contribution in [0.25, 0.3) is 0 Å². The van der Waals surface area contributed by atoms with Gasteiger partial charge < -0.3 is 15.0 Å². The first-order valence-corrected chi connectivity index (χ1v) is 7.16. The summed E-state index contributed by atoms with van der Waals surface area (Å²) in [6, 6.07) is 6.56. The summed E-state index contributed by atoms with van der Waals surface area (Å²) < 4.78 is 5.49. The number of rotatable bonds is 6. The van der Waals surface area contributed by atoms with Gasteiger partial charge in [-0.05, 0) is 30.5 Å². The molecule has 0 spiro atoms. The van der Waals surface area contributed by atoms with E-state index in [1.807, 2.05) is 0 Å². The number of hydrogen-bond acceptors (Lipinski definition) is 3. The fourth-order valence-corrected chi connectivity index (χ4v) is 2.55. The van der Waals surface area contributed by atoms with Crippen LogP contribution in [0.3, 0.4) is 0 Å². The molecule has 2 rings (SSSR count). The molecule has 1 aliphatic heterocycles. The van der Waals surface area contributed by atoms with Crippen LogP contribution in [0.1, 0.15) is 30.9 Å². The van der Waals surface area contributed by atoms with Gasteiger partial charge in [0.2, 0.25) is 0 Å². The normalized spacial score (nSPS) is 15.9. The van der Waals surface area contributed by atoms with Gasteiger partial charge in [-0.25, -0.2) is 0 Å². The zero-order chi connectivity index (χ0) is 13.8. The second-order valence-electron chi connectivity index (χ2n) is 5.95. The van der Waals surface area contributed by atoms with Crippen LogP contribution in [-0.4, -0.2) is 38.7 Å². The first-order chi connectivity index (χ1) is 9.10. The van der Waals surface area contributed by atoms with Gasteiger partial charge in [0.15, 0.2) is 0 Å². The van der Waals surface area contributed by atoms with Crippen molar-refractivity contribution in [1.29, 1.82) is 0 Å². The van der Waals surface area contributed by atoms with Crippen molar-refractivity contribution in [3.63, 3.8) is 0 Å². The third-order valence-electron chi connectivity index (χ3n) is 3.85. The molecule has 1 aliphatic rings. The maximum absolute atomic E-state index is 5.49. The van der Waals surface area contributed by atoms with Crippen molar-refractivity contribution in [2.24, 2.45) is 5.92 Å². The molecule has 3 heteroatoms. The van der Waals surface area contributed by atoms with E-state index in [-0.39, 0.29) is 0 Å². The number of hydrogen-bond donors (Lipinski definition) is 1. The first-order valence-electron chi connectivity index (χ1n) is 7.16. The van der Waals surface area contributed by atoms with E-state index in [1.54, 1.807) is 7.11 Å². The van der Waals surface area contributed by atoms with Crippen molar-refractivity contribution in [1.82, 2.24) is 10.2 Å². The molecular formula is C16H26N2O. The molecule has 19 heavy (non-hydrogen) atoms. The van der Waals surface area contributed by atoms with Crippen molar-refractivity contribution in [3.05, 3.63) is 29.3 Å². The van der Waals surface area contributed by atoms with Crippen LogP contribution in [0.15, 0.2) is 18.2 Å². The predicted molar refractivity (Wildman–Crippen MR) is 79.8 cm³/mol. The van der Waals surface area contributed by atoms with Crippen LogP contribution in [0.2, 0.25) is 0 Å². The molecule has 0 radical (unpaired) electrons. The number of nitrogens with zero attached hydrogens (tertiary/aromatic N) is 1. The molecule has 0 atom stereocenters. The van der Waals surface area contributed by atoms with Crippen LogP contribution in [0.5, 0.6) is 5.75 Å². The molecule has 1 heterocycles. The van der Waals surface area contributed by atoms with Gasteiger partial charge in [0, 0.05) is 31.7 Å². The SMILES string of the molecule is COc1ccc(C(C)C)cc1CN(C)CC1CNC1. The summed E-state index contributed by atoms with van der Waals surface area (Å²) >= 11 is 0. The van der Waals surface area contributed by atoms with E-state index in [0.717, 1.165) is 37.8 Å². The predicted octanol–water partition coefficient (Wildman–Crippen LogP) is 2.47. The Morgan fingerprint density at radius 3 is 2.63 bits per heavy atom. The molecular weight excluding hydrogens is 236 g/mol. The monoisotopic (exact) mass is 262 g/mol. The number of methoxy groups -OCH3 is 1. The second-order valence-corrected chi connectivity index (χ2v) is 5.95. The van der Waals surface area contributed by atoms with Crippen LogP contribution < -0.4 is 10.1 Å². The van der Waals surface area contributed by atoms with Crippen molar-refractivity contribution in [2.75, 3.05) is 33.8 Å². The molecule has 0 saturated carbocycles. The largest absolute Gasteiger partial charge is 0.496 e. The zero-order valence-electron chi connectivity index (χ0n) is 12.6. The smallest absolute Gasteiger partial charge is 0.123 e. The Bertz CT molecular complexity index is 413. The molecule has 1 fully saturated rings. The summed E-state index contributed by atoms with van der Waals surface area (Å²) in [6.45, 7) is 8.90. The quantitative estimate of drug-likeness (QED) is 0.852. The van der Waals surface area contributed by atoms with Crippen molar-refractivity contribution in [3.8, 4) is 5.75 Å². The van der Waals surface area contributed by atoms with E-state index >= 15 is 0 Å². The van der Waals surface area contributed by atoms with Gasteiger partial charge in [0.05, 0.1) is 7.11 Å². The molecule has 0 aliphatic carbocycles. The van der Waals surface area contributed by atoms with Crippen LogP contribution in [0.4, 0.5) is 0 Å². The zero-order valence-corrected chi connectivity index (χ0v) is 12.6. The Hall–Kier alpha value is -1.06. The molecule has 1 saturated heterocycles. The fraction of sp³-hybridized carbons (Fsp3) is 0.625.